The van der Waals surface area contributed by atoms with Crippen molar-refractivity contribution >= 4 is 52.4 Å². The Morgan fingerprint density at radius 1 is 1.26 bits per heavy atom. The lowest BCUT2D eigenvalue weighted by molar-refractivity contribution is -0.385. The van der Waals surface area contributed by atoms with Crippen LogP contribution in [-0.2, 0) is 17.1 Å². The zero-order valence-electron chi connectivity index (χ0n) is 16.4. The summed E-state index contributed by atoms with van der Waals surface area (Å²) in [6, 6.07) is 11.6. The summed E-state index contributed by atoms with van der Waals surface area (Å²) in [7, 11) is 1.38. The Kier molecular flexibility index (Phi) is 7.78. The molecule has 1 heterocycles. The van der Waals surface area contributed by atoms with Crippen LogP contribution in [-0.4, -0.2) is 33.5 Å². The van der Waals surface area contributed by atoms with Crippen LogP contribution in [0.2, 0.25) is 10.0 Å². The van der Waals surface area contributed by atoms with Gasteiger partial charge in [0, 0.05) is 27.9 Å². The summed E-state index contributed by atoms with van der Waals surface area (Å²) in [6.07, 6.45) is 1.59. The monoisotopic (exact) mass is 480 g/mol. The normalized spacial score (nSPS) is 10.7. The minimum absolute atomic E-state index is 0.102. The number of carbonyl (C=O) groups excluding carboxylic acids is 1. The molecule has 1 amide bonds. The van der Waals surface area contributed by atoms with E-state index in [1.807, 2.05) is 6.07 Å². The van der Waals surface area contributed by atoms with Gasteiger partial charge in [-0.05, 0) is 29.3 Å². The highest BCUT2D eigenvalue weighted by Gasteiger charge is 2.15. The van der Waals surface area contributed by atoms with Gasteiger partial charge in [0.1, 0.15) is 5.82 Å². The maximum atomic E-state index is 12.3. The molecule has 3 aromatic rings. The van der Waals surface area contributed by atoms with Crippen molar-refractivity contribution in [2.75, 3.05) is 18.2 Å². The molecule has 162 valence electrons. The third kappa shape index (κ3) is 6.13. The molecule has 0 saturated carbocycles. The lowest BCUT2D eigenvalue weighted by atomic mass is 10.2. The lowest BCUT2D eigenvalue weighted by Gasteiger charge is -2.10. The second-order valence-corrected chi connectivity index (χ2v) is 8.24. The third-order valence-corrected chi connectivity index (χ3v) is 5.85. The predicted octanol–water partition coefficient (Wildman–Crippen LogP) is 5.03. The summed E-state index contributed by atoms with van der Waals surface area (Å²) in [5.74, 6) is 1.14. The molecular formula is C20H18Cl2N4O4S. The van der Waals surface area contributed by atoms with Crippen LogP contribution in [0.25, 0.3) is 0 Å². The fourth-order valence-electron chi connectivity index (χ4n) is 2.78. The van der Waals surface area contributed by atoms with Crippen molar-refractivity contribution in [1.82, 2.24) is 9.78 Å². The van der Waals surface area contributed by atoms with E-state index in [1.54, 1.807) is 41.2 Å². The Hall–Kier alpha value is -2.75. The summed E-state index contributed by atoms with van der Waals surface area (Å²) >= 11 is 13.5. The number of halogens is 2. The standard InChI is InChI=1S/C20H18Cl2N4O4S/c1-30-18-5-2-13(8-17(18)26(28)29)11-31-12-20(27)24-19-6-7-23-25(19)10-14-3-4-15(21)9-16(14)22/h2-9H,10-12H2,1H3,(H,24,27). The Balaban J connectivity index is 1.56. The smallest absolute Gasteiger partial charge is 0.311 e. The molecule has 0 aliphatic carbocycles. The van der Waals surface area contributed by atoms with Gasteiger partial charge in [-0.3, -0.25) is 14.9 Å². The SMILES string of the molecule is COc1ccc(CSCC(=O)Nc2ccnn2Cc2ccc(Cl)cc2Cl)cc1[N+](=O)[O-]. The summed E-state index contributed by atoms with van der Waals surface area (Å²) in [5, 5.41) is 19.2. The number of benzene rings is 2. The van der Waals surface area contributed by atoms with Crippen molar-refractivity contribution in [1.29, 1.82) is 0 Å². The van der Waals surface area contributed by atoms with Crippen LogP contribution < -0.4 is 10.1 Å². The number of nitrogens with zero attached hydrogens (tertiary/aromatic N) is 3. The van der Waals surface area contributed by atoms with Crippen molar-refractivity contribution in [2.24, 2.45) is 0 Å². The van der Waals surface area contributed by atoms with Crippen molar-refractivity contribution < 1.29 is 14.5 Å². The van der Waals surface area contributed by atoms with E-state index in [0.717, 1.165) is 11.1 Å². The van der Waals surface area contributed by atoms with Gasteiger partial charge < -0.3 is 10.1 Å². The number of hydrogen-bond donors (Lipinski definition) is 1. The number of thioether (sulfide) groups is 1. The number of nitro groups is 1. The summed E-state index contributed by atoms with van der Waals surface area (Å²) in [5.41, 5.74) is 1.45. The Morgan fingerprint density at radius 2 is 2.06 bits per heavy atom. The fourth-order valence-corrected chi connectivity index (χ4v) is 4.03. The molecule has 0 aliphatic rings. The van der Waals surface area contributed by atoms with Crippen LogP contribution >= 0.6 is 35.0 Å². The Bertz CT molecular complexity index is 1110. The van der Waals surface area contributed by atoms with E-state index in [1.165, 1.54) is 24.9 Å². The first-order valence-electron chi connectivity index (χ1n) is 9.02. The molecule has 1 aromatic heterocycles. The van der Waals surface area contributed by atoms with Gasteiger partial charge >= 0.3 is 5.69 Å². The molecule has 0 saturated heterocycles. The van der Waals surface area contributed by atoms with Crippen LogP contribution in [0.5, 0.6) is 5.75 Å². The molecule has 0 spiro atoms. The summed E-state index contributed by atoms with van der Waals surface area (Å²) < 4.78 is 6.62. The maximum absolute atomic E-state index is 12.3. The molecule has 11 heteroatoms. The number of methoxy groups -OCH3 is 1. The van der Waals surface area contributed by atoms with Crippen molar-refractivity contribution in [3.63, 3.8) is 0 Å². The van der Waals surface area contributed by atoms with Gasteiger partial charge in [0.15, 0.2) is 5.75 Å². The zero-order valence-corrected chi connectivity index (χ0v) is 18.7. The number of rotatable bonds is 9. The van der Waals surface area contributed by atoms with Gasteiger partial charge in [0.05, 0.1) is 30.5 Å². The molecule has 0 aliphatic heterocycles. The number of nitro benzene ring substituents is 1. The number of anilines is 1. The maximum Gasteiger partial charge on any atom is 0.311 e. The van der Waals surface area contributed by atoms with Gasteiger partial charge in [-0.1, -0.05) is 35.3 Å². The second kappa shape index (κ2) is 10.5. The highest BCUT2D eigenvalue weighted by atomic mass is 35.5. The van der Waals surface area contributed by atoms with Crippen LogP contribution in [0.1, 0.15) is 11.1 Å². The van der Waals surface area contributed by atoms with E-state index in [0.29, 0.717) is 28.2 Å². The van der Waals surface area contributed by atoms with E-state index in [4.69, 9.17) is 27.9 Å². The van der Waals surface area contributed by atoms with Gasteiger partial charge in [-0.15, -0.1) is 11.8 Å². The highest BCUT2D eigenvalue weighted by molar-refractivity contribution is 7.99. The van der Waals surface area contributed by atoms with E-state index in [2.05, 4.69) is 10.4 Å². The molecule has 1 N–H and O–H groups in total. The van der Waals surface area contributed by atoms with Gasteiger partial charge in [-0.25, -0.2) is 4.68 Å². The predicted molar refractivity (Wildman–Crippen MR) is 122 cm³/mol. The number of hydrogen-bond acceptors (Lipinski definition) is 6. The van der Waals surface area contributed by atoms with Crippen LogP contribution in [0.15, 0.2) is 48.7 Å². The number of aromatic nitrogens is 2. The van der Waals surface area contributed by atoms with Crippen LogP contribution in [0.3, 0.4) is 0 Å². The van der Waals surface area contributed by atoms with Gasteiger partial charge in [0.2, 0.25) is 5.91 Å². The minimum Gasteiger partial charge on any atom is -0.490 e. The third-order valence-electron chi connectivity index (χ3n) is 4.26. The van der Waals surface area contributed by atoms with Crippen molar-refractivity contribution in [3.05, 3.63) is 79.9 Å². The average molecular weight is 481 g/mol. The minimum atomic E-state index is -0.492. The first-order chi connectivity index (χ1) is 14.9. The van der Waals surface area contributed by atoms with E-state index in [9.17, 15) is 14.9 Å². The van der Waals surface area contributed by atoms with E-state index in [-0.39, 0.29) is 23.1 Å². The summed E-state index contributed by atoms with van der Waals surface area (Å²) in [4.78, 5) is 23.0. The first kappa shape index (κ1) is 22.9. The molecule has 0 radical (unpaired) electrons. The Morgan fingerprint density at radius 3 is 2.77 bits per heavy atom. The molecule has 8 nitrogen and oxygen atoms in total. The second-order valence-electron chi connectivity index (χ2n) is 6.41. The molecule has 0 unspecified atom stereocenters. The van der Waals surface area contributed by atoms with Crippen molar-refractivity contribution in [3.8, 4) is 5.75 Å². The number of ether oxygens (including phenoxy) is 1. The molecule has 0 fully saturated rings. The average Bonchev–Trinajstić information content (AvgIpc) is 3.16. The topological polar surface area (TPSA) is 99.3 Å². The zero-order chi connectivity index (χ0) is 22.4. The van der Waals surface area contributed by atoms with E-state index >= 15 is 0 Å². The van der Waals surface area contributed by atoms with Gasteiger partial charge in [-0.2, -0.15) is 5.10 Å². The number of amides is 1. The molecule has 3 rings (SSSR count). The van der Waals surface area contributed by atoms with Crippen LogP contribution in [0, 0.1) is 10.1 Å². The Labute approximate surface area is 192 Å². The summed E-state index contributed by atoms with van der Waals surface area (Å²) in [6.45, 7) is 0.376. The fraction of sp³-hybridized carbons (Fsp3) is 0.200. The van der Waals surface area contributed by atoms with Crippen molar-refractivity contribution in [2.45, 2.75) is 12.3 Å². The molecule has 31 heavy (non-hydrogen) atoms. The molecule has 0 bridgehead atoms. The van der Waals surface area contributed by atoms with Gasteiger partial charge in [0.25, 0.3) is 0 Å². The first-order valence-corrected chi connectivity index (χ1v) is 10.9. The largest absolute Gasteiger partial charge is 0.490 e. The number of carbonyl (C=O) groups is 1. The molecular weight excluding hydrogens is 463 g/mol. The quantitative estimate of drug-likeness (QED) is 0.340. The number of nitrogens with one attached hydrogen (secondary N) is 1. The molecule has 0 atom stereocenters. The highest BCUT2D eigenvalue weighted by Crippen LogP contribution is 2.29. The van der Waals surface area contributed by atoms with Crippen LogP contribution in [0.4, 0.5) is 11.5 Å². The van der Waals surface area contributed by atoms with E-state index < -0.39 is 4.92 Å². The lowest BCUT2D eigenvalue weighted by Crippen LogP contribution is -2.18. The molecule has 2 aromatic carbocycles.